The predicted molar refractivity (Wildman–Crippen MR) is 89.4 cm³/mol. The molecule has 24 heavy (non-hydrogen) atoms. The van der Waals surface area contributed by atoms with E-state index in [4.69, 9.17) is 44.3 Å². The number of carbonyl (C=O) groups excluding carboxylic acids is 2. The van der Waals surface area contributed by atoms with Crippen molar-refractivity contribution >= 4 is 52.4 Å². The van der Waals surface area contributed by atoms with Crippen LogP contribution in [0.15, 0.2) is 24.3 Å². The summed E-state index contributed by atoms with van der Waals surface area (Å²) in [7, 11) is 1.48. The molecular formula is C14H14Cl3N3O4. The number of alkyl halides is 3. The van der Waals surface area contributed by atoms with Gasteiger partial charge in [-0.3, -0.25) is 4.79 Å². The first-order valence-corrected chi connectivity index (χ1v) is 7.78. The van der Waals surface area contributed by atoms with Gasteiger partial charge in [0.05, 0.1) is 13.7 Å². The van der Waals surface area contributed by atoms with Crippen molar-refractivity contribution in [2.24, 2.45) is 0 Å². The zero-order valence-electron chi connectivity index (χ0n) is 12.8. The normalized spacial score (nSPS) is 11.9. The molecule has 0 bridgehead atoms. The number of ether oxygens (including phenoxy) is 2. The zero-order chi connectivity index (χ0) is 18.3. The summed E-state index contributed by atoms with van der Waals surface area (Å²) in [5.74, 6) is -1.38. The molecule has 130 valence electrons. The summed E-state index contributed by atoms with van der Waals surface area (Å²) in [6, 6.07) is 5.08. The number of carbonyl (C=O) groups is 2. The number of esters is 1. The summed E-state index contributed by atoms with van der Waals surface area (Å²) in [6.07, 6.45) is 0. The molecule has 1 aromatic carbocycles. The average molecular weight is 395 g/mol. The van der Waals surface area contributed by atoms with Gasteiger partial charge in [-0.2, -0.15) is 4.79 Å². The van der Waals surface area contributed by atoms with Crippen molar-refractivity contribution in [2.45, 2.75) is 16.8 Å². The lowest BCUT2D eigenvalue weighted by Gasteiger charge is -2.18. The first-order valence-electron chi connectivity index (χ1n) is 6.65. The number of benzene rings is 1. The molecule has 1 rings (SSSR count). The maximum absolute atomic E-state index is 12.0. The highest BCUT2D eigenvalue weighted by molar-refractivity contribution is 6.76. The molecule has 0 saturated heterocycles. The lowest BCUT2D eigenvalue weighted by molar-refractivity contribution is -0.140. The number of halogens is 3. The Labute approximate surface area is 153 Å². The number of nitrogens with one attached hydrogen (secondary N) is 1. The van der Waals surface area contributed by atoms with E-state index in [2.05, 4.69) is 10.1 Å². The van der Waals surface area contributed by atoms with Crippen molar-refractivity contribution in [3.63, 3.8) is 0 Å². The summed E-state index contributed by atoms with van der Waals surface area (Å²) >= 11 is 16.6. The van der Waals surface area contributed by atoms with Gasteiger partial charge in [-0.15, -0.1) is 0 Å². The Morgan fingerprint density at radius 3 is 2.29 bits per heavy atom. The molecule has 7 nitrogen and oxygen atoms in total. The molecule has 1 unspecified atom stereocenters. The Bertz CT molecular complexity index is 652. The van der Waals surface area contributed by atoms with Crippen molar-refractivity contribution in [1.82, 2.24) is 5.32 Å². The monoisotopic (exact) mass is 393 g/mol. The van der Waals surface area contributed by atoms with E-state index in [0.29, 0.717) is 11.3 Å². The van der Waals surface area contributed by atoms with Crippen LogP contribution in [-0.2, 0) is 14.3 Å². The number of amides is 1. The molecule has 0 aliphatic rings. The molecule has 0 aliphatic heterocycles. The second-order valence-corrected chi connectivity index (χ2v) is 6.66. The molecular weight excluding hydrogens is 381 g/mol. The van der Waals surface area contributed by atoms with Gasteiger partial charge >= 0.3 is 11.7 Å². The number of hydrogen-bond donors (Lipinski definition) is 1. The minimum atomic E-state index is -2.26. The molecule has 1 aromatic rings. The second-order valence-electron chi connectivity index (χ2n) is 4.38. The van der Waals surface area contributed by atoms with E-state index < -0.39 is 27.4 Å². The summed E-state index contributed by atoms with van der Waals surface area (Å²) in [6.45, 7) is 1.63. The lowest BCUT2D eigenvalue weighted by atomic mass is 10.0. The van der Waals surface area contributed by atoms with E-state index >= 15 is 0 Å². The van der Waals surface area contributed by atoms with Crippen LogP contribution in [0.3, 0.4) is 0 Å². The quantitative estimate of drug-likeness (QED) is 0.263. The van der Waals surface area contributed by atoms with Crippen LogP contribution in [0.5, 0.6) is 5.75 Å². The van der Waals surface area contributed by atoms with Crippen LogP contribution in [0.2, 0.25) is 0 Å². The summed E-state index contributed by atoms with van der Waals surface area (Å²) < 4.78 is 7.58. The van der Waals surface area contributed by atoms with E-state index in [1.165, 1.54) is 7.11 Å². The van der Waals surface area contributed by atoms with Crippen LogP contribution in [0.1, 0.15) is 18.5 Å². The molecule has 1 amide bonds. The van der Waals surface area contributed by atoms with Crippen LogP contribution >= 0.6 is 34.8 Å². The summed E-state index contributed by atoms with van der Waals surface area (Å²) in [4.78, 5) is 26.8. The minimum absolute atomic E-state index is 0.0472. The van der Waals surface area contributed by atoms with Crippen LogP contribution in [0, 0.1) is 0 Å². The van der Waals surface area contributed by atoms with Gasteiger partial charge in [0.15, 0.2) is 6.04 Å². The SMILES string of the molecule is CCOC(=O)C(=[N+]=[N-])C(NC(=O)C(Cl)(Cl)Cl)c1ccc(OC)cc1. The van der Waals surface area contributed by atoms with Gasteiger partial charge in [0, 0.05) is 0 Å². The smallest absolute Gasteiger partial charge is 0.419 e. The van der Waals surface area contributed by atoms with Crippen molar-refractivity contribution < 1.29 is 23.9 Å². The molecule has 0 aromatic heterocycles. The Morgan fingerprint density at radius 2 is 1.88 bits per heavy atom. The van der Waals surface area contributed by atoms with Crippen molar-refractivity contribution in [3.05, 3.63) is 35.4 Å². The van der Waals surface area contributed by atoms with E-state index in [0.717, 1.165) is 0 Å². The van der Waals surface area contributed by atoms with Gasteiger partial charge in [-0.05, 0) is 24.6 Å². The van der Waals surface area contributed by atoms with Gasteiger partial charge in [-0.25, -0.2) is 4.79 Å². The molecule has 1 N–H and O–H groups in total. The van der Waals surface area contributed by atoms with E-state index in [-0.39, 0.29) is 6.61 Å². The molecule has 0 heterocycles. The number of rotatable bonds is 6. The van der Waals surface area contributed by atoms with Crippen molar-refractivity contribution in [1.29, 1.82) is 0 Å². The van der Waals surface area contributed by atoms with Crippen LogP contribution in [-0.4, -0.2) is 39.9 Å². The fourth-order valence-electron chi connectivity index (χ4n) is 1.74. The fraction of sp³-hybridized carbons (Fsp3) is 0.357. The molecule has 0 spiro atoms. The molecule has 10 heteroatoms. The third kappa shape index (κ3) is 5.39. The van der Waals surface area contributed by atoms with Gasteiger partial charge in [0.1, 0.15) is 5.75 Å². The van der Waals surface area contributed by atoms with Gasteiger partial charge in [0.2, 0.25) is 0 Å². The third-order valence-electron chi connectivity index (χ3n) is 2.85. The topological polar surface area (TPSA) is 101 Å². The van der Waals surface area contributed by atoms with E-state index in [1.54, 1.807) is 31.2 Å². The minimum Gasteiger partial charge on any atom is -0.497 e. The maximum Gasteiger partial charge on any atom is 0.419 e. The van der Waals surface area contributed by atoms with Crippen LogP contribution in [0.25, 0.3) is 5.53 Å². The first-order chi connectivity index (χ1) is 11.2. The third-order valence-corrected chi connectivity index (χ3v) is 3.36. The Hall–Kier alpha value is -1.79. The predicted octanol–water partition coefficient (Wildman–Crippen LogP) is 2.46. The molecule has 0 radical (unpaired) electrons. The summed E-state index contributed by atoms with van der Waals surface area (Å²) in [5, 5.41) is 2.33. The highest BCUT2D eigenvalue weighted by atomic mass is 35.6. The Morgan fingerprint density at radius 1 is 1.29 bits per heavy atom. The number of nitrogens with zero attached hydrogens (tertiary/aromatic N) is 2. The average Bonchev–Trinajstić information content (AvgIpc) is 2.54. The second kappa shape index (κ2) is 8.89. The summed E-state index contributed by atoms with van der Waals surface area (Å²) in [5.41, 5.74) is 9.10. The fourth-order valence-corrected chi connectivity index (χ4v) is 1.90. The first kappa shape index (κ1) is 20.3. The highest BCUT2D eigenvalue weighted by Gasteiger charge is 2.40. The van der Waals surface area contributed by atoms with Gasteiger partial charge < -0.3 is 20.3 Å². The van der Waals surface area contributed by atoms with Crippen molar-refractivity contribution in [3.8, 4) is 5.75 Å². The lowest BCUT2D eigenvalue weighted by Crippen LogP contribution is -2.43. The molecule has 0 fully saturated rings. The van der Waals surface area contributed by atoms with Gasteiger partial charge in [0.25, 0.3) is 9.70 Å². The molecule has 0 saturated carbocycles. The Kier molecular flexibility index (Phi) is 7.51. The van der Waals surface area contributed by atoms with Gasteiger partial charge in [-0.1, -0.05) is 46.9 Å². The zero-order valence-corrected chi connectivity index (χ0v) is 15.0. The van der Waals surface area contributed by atoms with Crippen LogP contribution < -0.4 is 10.1 Å². The molecule has 0 aliphatic carbocycles. The van der Waals surface area contributed by atoms with E-state index in [9.17, 15) is 15.1 Å². The number of methoxy groups -OCH3 is 1. The highest BCUT2D eigenvalue weighted by Crippen LogP contribution is 2.28. The number of hydrogen-bond acceptors (Lipinski definition) is 4. The standard InChI is InChI=1S/C14H14Cl3N3O4/c1-3-24-12(21)11(20-18)10(19-13(22)14(15,16)17)8-4-6-9(23-2)7-5-8/h4-7,10H,3H2,1-2H3,(H,19,22). The van der Waals surface area contributed by atoms with Crippen molar-refractivity contribution in [2.75, 3.05) is 13.7 Å². The van der Waals surface area contributed by atoms with Crippen LogP contribution in [0.4, 0.5) is 0 Å². The molecule has 1 atom stereocenters. The maximum atomic E-state index is 12.0. The van der Waals surface area contributed by atoms with E-state index in [1.807, 2.05) is 0 Å². The Balaban J connectivity index is 3.26. The largest absolute Gasteiger partial charge is 0.497 e.